The smallest absolute Gasteiger partial charge is 0.234 e. The molecule has 2 aromatic rings. The molecule has 7 heteroatoms. The predicted molar refractivity (Wildman–Crippen MR) is 117 cm³/mol. The molecule has 1 heterocycles. The Kier molecular flexibility index (Phi) is 9.25. The highest BCUT2D eigenvalue weighted by molar-refractivity contribution is 5.85. The summed E-state index contributed by atoms with van der Waals surface area (Å²) in [5.74, 6) is 1.39. The van der Waals surface area contributed by atoms with E-state index in [0.717, 1.165) is 30.8 Å². The van der Waals surface area contributed by atoms with Crippen molar-refractivity contribution in [2.45, 2.75) is 26.1 Å². The Bertz CT molecular complexity index is 773. The fourth-order valence-electron chi connectivity index (χ4n) is 3.24. The zero-order valence-corrected chi connectivity index (χ0v) is 17.8. The van der Waals surface area contributed by atoms with Crippen LogP contribution in [0.15, 0.2) is 48.5 Å². The molecule has 1 aliphatic heterocycles. The molecule has 0 saturated carbocycles. The van der Waals surface area contributed by atoms with E-state index in [1.165, 1.54) is 0 Å². The fourth-order valence-corrected chi connectivity index (χ4v) is 3.24. The molecular weight excluding hydrogens is 390 g/mol. The Morgan fingerprint density at radius 2 is 1.97 bits per heavy atom. The van der Waals surface area contributed by atoms with Gasteiger partial charge in [0, 0.05) is 32.2 Å². The monoisotopic (exact) mass is 419 g/mol. The number of piperazine rings is 1. The van der Waals surface area contributed by atoms with Crippen LogP contribution < -0.4 is 20.1 Å². The van der Waals surface area contributed by atoms with E-state index in [-0.39, 0.29) is 18.3 Å². The number of methoxy groups -OCH3 is 1. The van der Waals surface area contributed by atoms with Crippen molar-refractivity contribution in [1.29, 1.82) is 0 Å². The molecule has 1 fully saturated rings. The first kappa shape index (κ1) is 23.0. The second kappa shape index (κ2) is 11.7. The molecule has 0 aromatic heterocycles. The summed E-state index contributed by atoms with van der Waals surface area (Å²) >= 11 is 0. The molecule has 6 nitrogen and oxygen atoms in total. The second-order valence-corrected chi connectivity index (χ2v) is 7.06. The summed E-state index contributed by atoms with van der Waals surface area (Å²) < 4.78 is 11.3. The van der Waals surface area contributed by atoms with Crippen LogP contribution in [-0.2, 0) is 17.9 Å². The average Bonchev–Trinajstić information content (AvgIpc) is 2.73. The van der Waals surface area contributed by atoms with E-state index in [9.17, 15) is 4.79 Å². The molecule has 0 radical (unpaired) electrons. The summed E-state index contributed by atoms with van der Waals surface area (Å²) in [7, 11) is 1.62. The van der Waals surface area contributed by atoms with E-state index < -0.39 is 0 Å². The zero-order valence-electron chi connectivity index (χ0n) is 17.0. The third kappa shape index (κ3) is 6.92. The lowest BCUT2D eigenvalue weighted by molar-refractivity contribution is -0.123. The first-order valence-electron chi connectivity index (χ1n) is 9.71. The lowest BCUT2D eigenvalue weighted by Crippen LogP contribution is -2.52. The van der Waals surface area contributed by atoms with Gasteiger partial charge in [-0.15, -0.1) is 12.4 Å². The Labute approximate surface area is 179 Å². The van der Waals surface area contributed by atoms with Crippen molar-refractivity contribution in [1.82, 2.24) is 15.5 Å². The first-order valence-corrected chi connectivity index (χ1v) is 9.71. The molecule has 0 spiro atoms. The zero-order chi connectivity index (χ0) is 19.8. The highest BCUT2D eigenvalue weighted by Crippen LogP contribution is 2.28. The van der Waals surface area contributed by atoms with E-state index in [4.69, 9.17) is 9.47 Å². The summed E-state index contributed by atoms with van der Waals surface area (Å²) in [4.78, 5) is 14.5. The van der Waals surface area contributed by atoms with E-state index in [2.05, 4.69) is 22.5 Å². The quantitative estimate of drug-likeness (QED) is 0.688. The van der Waals surface area contributed by atoms with Crippen LogP contribution in [0.3, 0.4) is 0 Å². The number of carbonyl (C=O) groups is 1. The second-order valence-electron chi connectivity index (χ2n) is 7.06. The van der Waals surface area contributed by atoms with Gasteiger partial charge in [-0.25, -0.2) is 0 Å². The Morgan fingerprint density at radius 1 is 1.17 bits per heavy atom. The molecule has 158 valence electrons. The van der Waals surface area contributed by atoms with Crippen LogP contribution >= 0.6 is 12.4 Å². The molecule has 1 amide bonds. The molecule has 1 saturated heterocycles. The van der Waals surface area contributed by atoms with Gasteiger partial charge in [0.1, 0.15) is 6.61 Å². The number of hydrogen-bond donors (Lipinski definition) is 2. The van der Waals surface area contributed by atoms with Gasteiger partial charge in [0.2, 0.25) is 5.91 Å². The van der Waals surface area contributed by atoms with E-state index in [1.54, 1.807) is 7.11 Å². The lowest BCUT2D eigenvalue weighted by atomic mass is 10.2. The van der Waals surface area contributed by atoms with Gasteiger partial charge in [-0.05, 0) is 30.2 Å². The average molecular weight is 420 g/mol. The minimum atomic E-state index is 0. The minimum Gasteiger partial charge on any atom is -0.493 e. The van der Waals surface area contributed by atoms with Gasteiger partial charge in [-0.1, -0.05) is 36.4 Å². The van der Waals surface area contributed by atoms with Crippen molar-refractivity contribution in [3.63, 3.8) is 0 Å². The van der Waals surface area contributed by atoms with E-state index >= 15 is 0 Å². The van der Waals surface area contributed by atoms with Crippen LogP contribution in [0.25, 0.3) is 0 Å². The highest BCUT2D eigenvalue weighted by atomic mass is 35.5. The number of nitrogens with zero attached hydrogens (tertiary/aromatic N) is 1. The number of hydrogen-bond acceptors (Lipinski definition) is 5. The van der Waals surface area contributed by atoms with Crippen molar-refractivity contribution in [2.24, 2.45) is 0 Å². The molecule has 1 aliphatic rings. The number of carbonyl (C=O) groups excluding carboxylic acids is 1. The summed E-state index contributed by atoms with van der Waals surface area (Å²) in [6, 6.07) is 16.1. The van der Waals surface area contributed by atoms with Gasteiger partial charge in [0.15, 0.2) is 11.5 Å². The number of benzene rings is 2. The van der Waals surface area contributed by atoms with Gasteiger partial charge in [0.05, 0.1) is 13.7 Å². The van der Waals surface area contributed by atoms with Crippen molar-refractivity contribution in [2.75, 3.05) is 33.3 Å². The number of nitrogens with one attached hydrogen (secondary N) is 2. The van der Waals surface area contributed by atoms with Gasteiger partial charge < -0.3 is 20.1 Å². The van der Waals surface area contributed by atoms with Crippen LogP contribution in [0.1, 0.15) is 18.1 Å². The number of amides is 1. The molecule has 2 aromatic carbocycles. The number of halogens is 1. The van der Waals surface area contributed by atoms with Gasteiger partial charge >= 0.3 is 0 Å². The lowest BCUT2D eigenvalue weighted by Gasteiger charge is -2.33. The topological polar surface area (TPSA) is 62.8 Å². The molecule has 2 N–H and O–H groups in total. The Balaban J connectivity index is 0.00000300. The van der Waals surface area contributed by atoms with Crippen molar-refractivity contribution in [3.8, 4) is 11.5 Å². The van der Waals surface area contributed by atoms with Crippen molar-refractivity contribution >= 4 is 18.3 Å². The molecule has 3 rings (SSSR count). The summed E-state index contributed by atoms with van der Waals surface area (Å²) in [6.45, 7) is 6.27. The minimum absolute atomic E-state index is 0. The summed E-state index contributed by atoms with van der Waals surface area (Å²) in [6.07, 6.45) is 0. The van der Waals surface area contributed by atoms with Crippen molar-refractivity contribution in [3.05, 3.63) is 59.7 Å². The Hall–Kier alpha value is -2.28. The van der Waals surface area contributed by atoms with Crippen LogP contribution in [0.2, 0.25) is 0 Å². The normalized spacial score (nSPS) is 16.6. The SMILES string of the molecule is COc1cc(CNC(=O)CN2CCNC[C@@H]2C)ccc1OCc1ccccc1.Cl. The molecule has 29 heavy (non-hydrogen) atoms. The van der Waals surface area contributed by atoms with Crippen molar-refractivity contribution < 1.29 is 14.3 Å². The van der Waals surface area contributed by atoms with Gasteiger partial charge in [0.25, 0.3) is 0 Å². The number of ether oxygens (including phenoxy) is 2. The Morgan fingerprint density at radius 3 is 2.69 bits per heavy atom. The molecule has 1 atom stereocenters. The standard InChI is InChI=1S/C22H29N3O3.ClH/c1-17-13-23-10-11-25(17)15-22(26)24-14-19-8-9-20(21(12-19)27-2)28-16-18-6-4-3-5-7-18;/h3-9,12,17,23H,10-11,13-16H2,1-2H3,(H,24,26);1H/t17-;/m0./s1. The predicted octanol–water partition coefficient (Wildman–Crippen LogP) is 2.61. The van der Waals surface area contributed by atoms with Crippen LogP contribution in [0, 0.1) is 0 Å². The van der Waals surface area contributed by atoms with E-state index in [1.807, 2.05) is 48.5 Å². The maximum absolute atomic E-state index is 12.3. The largest absolute Gasteiger partial charge is 0.493 e. The first-order chi connectivity index (χ1) is 13.7. The fraction of sp³-hybridized carbons (Fsp3) is 0.409. The molecule has 0 bridgehead atoms. The van der Waals surface area contributed by atoms with Gasteiger partial charge in [-0.2, -0.15) is 0 Å². The van der Waals surface area contributed by atoms with Crippen LogP contribution in [-0.4, -0.2) is 50.1 Å². The maximum Gasteiger partial charge on any atom is 0.234 e. The molecule has 0 aliphatic carbocycles. The molecule has 0 unspecified atom stereocenters. The summed E-state index contributed by atoms with van der Waals surface area (Å²) in [5.41, 5.74) is 2.08. The van der Waals surface area contributed by atoms with Gasteiger partial charge in [-0.3, -0.25) is 9.69 Å². The highest BCUT2D eigenvalue weighted by Gasteiger charge is 2.20. The van der Waals surface area contributed by atoms with Crippen LogP contribution in [0.5, 0.6) is 11.5 Å². The molecular formula is C22H30ClN3O3. The number of rotatable bonds is 8. The third-order valence-electron chi connectivity index (χ3n) is 4.94. The summed E-state index contributed by atoms with van der Waals surface area (Å²) in [5, 5.41) is 6.33. The third-order valence-corrected chi connectivity index (χ3v) is 4.94. The van der Waals surface area contributed by atoms with E-state index in [0.29, 0.717) is 37.2 Å². The maximum atomic E-state index is 12.3. The van der Waals surface area contributed by atoms with Crippen LogP contribution in [0.4, 0.5) is 0 Å².